The molecular formula is C6H9O2. The first-order valence-electron chi connectivity index (χ1n) is 2.53. The second-order valence-electron chi connectivity index (χ2n) is 1.58. The predicted molar refractivity (Wildman–Crippen MR) is 30.4 cm³/mol. The smallest absolute Gasteiger partial charge is 0.331 e. The molecule has 0 aromatic carbocycles. The molecule has 0 spiro atoms. The Morgan fingerprint density at radius 2 is 2.25 bits per heavy atom. The molecule has 0 saturated heterocycles. The van der Waals surface area contributed by atoms with Crippen LogP contribution in [-0.2, 0) is 4.79 Å². The van der Waals surface area contributed by atoms with E-state index in [9.17, 15) is 4.79 Å². The van der Waals surface area contributed by atoms with Gasteiger partial charge in [0.1, 0.15) is 0 Å². The van der Waals surface area contributed by atoms with Gasteiger partial charge in [0.2, 0.25) is 0 Å². The van der Waals surface area contributed by atoms with Crippen molar-refractivity contribution in [1.29, 1.82) is 0 Å². The first kappa shape index (κ1) is 7.21. The van der Waals surface area contributed by atoms with Crippen LogP contribution in [0.2, 0.25) is 0 Å². The summed E-state index contributed by atoms with van der Waals surface area (Å²) in [5, 5.41) is 8.15. The van der Waals surface area contributed by atoms with Crippen LogP contribution in [0.4, 0.5) is 0 Å². The van der Waals surface area contributed by atoms with E-state index in [0.29, 0.717) is 6.42 Å². The molecule has 2 heteroatoms. The fraction of sp³-hybridized carbons (Fsp3) is 0.500. The molecule has 0 unspecified atom stereocenters. The summed E-state index contributed by atoms with van der Waals surface area (Å²) in [4.78, 5) is 9.93. The number of hydrogen-bond donors (Lipinski definition) is 1. The minimum atomic E-state index is -0.994. The number of carbonyl (C=O) groups is 1. The van der Waals surface area contributed by atoms with Gasteiger partial charge in [-0.05, 0) is 6.42 Å². The zero-order chi connectivity index (χ0) is 6.57. The molecule has 45 valence electrons. The molecule has 0 amide bonds. The third-order valence-electron chi connectivity index (χ3n) is 0.794. The summed E-state index contributed by atoms with van der Waals surface area (Å²) in [5.41, 5.74) is 0.0486. The van der Waals surface area contributed by atoms with E-state index in [4.69, 9.17) is 11.7 Å². The second kappa shape index (κ2) is 3.24. The topological polar surface area (TPSA) is 37.3 Å². The summed E-state index contributed by atoms with van der Waals surface area (Å²) in [6, 6.07) is 0. The van der Waals surface area contributed by atoms with Crippen molar-refractivity contribution in [1.82, 2.24) is 0 Å². The molecule has 0 aromatic rings. The SMILES string of the molecule is [CH]=C(CCC)C(=O)O. The summed E-state index contributed by atoms with van der Waals surface area (Å²) < 4.78 is 0. The number of rotatable bonds is 3. The lowest BCUT2D eigenvalue weighted by atomic mass is 10.2. The molecule has 0 bridgehead atoms. The molecule has 0 aliphatic heterocycles. The van der Waals surface area contributed by atoms with E-state index in [2.05, 4.69) is 0 Å². The molecule has 2 nitrogen and oxygen atoms in total. The quantitative estimate of drug-likeness (QED) is 0.559. The maximum atomic E-state index is 9.93. The van der Waals surface area contributed by atoms with Crippen LogP contribution in [0.1, 0.15) is 19.8 Å². The standard InChI is InChI=1S/C6H9O2/c1-3-4-5(2)6(7)8/h2H,3-4H2,1H3,(H,7,8). The van der Waals surface area contributed by atoms with Crippen molar-refractivity contribution < 1.29 is 9.90 Å². The molecule has 0 aliphatic carbocycles. The van der Waals surface area contributed by atoms with E-state index in [1.165, 1.54) is 0 Å². The fourth-order valence-corrected chi connectivity index (χ4v) is 0.376. The molecular weight excluding hydrogens is 104 g/mol. The van der Waals surface area contributed by atoms with Crippen LogP contribution in [0, 0.1) is 6.58 Å². The van der Waals surface area contributed by atoms with Gasteiger partial charge in [0.25, 0.3) is 0 Å². The van der Waals surface area contributed by atoms with Gasteiger partial charge in [0, 0.05) is 5.57 Å². The zero-order valence-corrected chi connectivity index (χ0v) is 4.85. The molecule has 0 saturated carbocycles. The molecule has 0 rings (SSSR count). The van der Waals surface area contributed by atoms with Crippen molar-refractivity contribution in [3.05, 3.63) is 12.2 Å². The molecule has 0 heterocycles. The van der Waals surface area contributed by atoms with Crippen molar-refractivity contribution in [3.8, 4) is 0 Å². The van der Waals surface area contributed by atoms with Crippen LogP contribution in [0.5, 0.6) is 0 Å². The van der Waals surface area contributed by atoms with E-state index < -0.39 is 5.97 Å². The number of carboxylic acid groups (broad SMARTS) is 1. The lowest BCUT2D eigenvalue weighted by Crippen LogP contribution is -1.97. The fourth-order valence-electron chi connectivity index (χ4n) is 0.376. The lowest BCUT2D eigenvalue weighted by Gasteiger charge is -1.91. The average Bonchev–Trinajstić information content (AvgIpc) is 1.67. The van der Waals surface area contributed by atoms with Gasteiger partial charge in [0.15, 0.2) is 0 Å². The first-order valence-corrected chi connectivity index (χ1v) is 2.53. The van der Waals surface area contributed by atoms with Crippen LogP contribution < -0.4 is 0 Å². The highest BCUT2D eigenvalue weighted by molar-refractivity contribution is 5.85. The number of carboxylic acids is 1. The summed E-state index contributed by atoms with van der Waals surface area (Å²) in [6.45, 7) is 6.93. The minimum Gasteiger partial charge on any atom is -0.478 e. The Kier molecular flexibility index (Phi) is 2.92. The zero-order valence-electron chi connectivity index (χ0n) is 4.85. The van der Waals surface area contributed by atoms with Gasteiger partial charge in [-0.1, -0.05) is 19.9 Å². The highest BCUT2D eigenvalue weighted by atomic mass is 16.4. The monoisotopic (exact) mass is 113 g/mol. The molecule has 0 atom stereocenters. The third kappa shape index (κ3) is 2.39. The molecule has 0 aromatic heterocycles. The second-order valence-corrected chi connectivity index (χ2v) is 1.58. The van der Waals surface area contributed by atoms with E-state index in [1.54, 1.807) is 0 Å². The minimum absolute atomic E-state index is 0.0486. The molecule has 0 aliphatic rings. The van der Waals surface area contributed by atoms with Crippen LogP contribution in [0.15, 0.2) is 5.57 Å². The van der Waals surface area contributed by atoms with Crippen molar-refractivity contribution in [2.75, 3.05) is 0 Å². The van der Waals surface area contributed by atoms with Crippen molar-refractivity contribution in [3.63, 3.8) is 0 Å². The molecule has 1 radical (unpaired) electrons. The largest absolute Gasteiger partial charge is 0.478 e. The number of aliphatic carboxylic acids is 1. The van der Waals surface area contributed by atoms with E-state index in [1.807, 2.05) is 6.92 Å². The van der Waals surface area contributed by atoms with Gasteiger partial charge in [-0.25, -0.2) is 4.79 Å². The highest BCUT2D eigenvalue weighted by Crippen LogP contribution is 1.99. The number of hydrogen-bond acceptors (Lipinski definition) is 1. The van der Waals surface area contributed by atoms with E-state index >= 15 is 0 Å². The summed E-state index contributed by atoms with van der Waals surface area (Å²) in [7, 11) is 0. The van der Waals surface area contributed by atoms with Gasteiger partial charge in [-0.3, -0.25) is 0 Å². The maximum Gasteiger partial charge on any atom is 0.331 e. The lowest BCUT2D eigenvalue weighted by molar-refractivity contribution is -0.132. The Labute approximate surface area is 48.8 Å². The highest BCUT2D eigenvalue weighted by Gasteiger charge is 1.99. The maximum absolute atomic E-state index is 9.93. The summed E-state index contributed by atoms with van der Waals surface area (Å²) in [6.07, 6.45) is 1.27. The molecule has 0 fully saturated rings. The normalized spacial score (nSPS) is 8.62. The van der Waals surface area contributed by atoms with Crippen molar-refractivity contribution in [2.24, 2.45) is 0 Å². The van der Waals surface area contributed by atoms with Gasteiger partial charge in [-0.15, -0.1) is 0 Å². The molecule has 1 N–H and O–H groups in total. The van der Waals surface area contributed by atoms with Crippen LogP contribution in [0.3, 0.4) is 0 Å². The van der Waals surface area contributed by atoms with Crippen molar-refractivity contribution in [2.45, 2.75) is 19.8 Å². The van der Waals surface area contributed by atoms with Crippen LogP contribution in [0.25, 0.3) is 0 Å². The third-order valence-corrected chi connectivity index (χ3v) is 0.794. The van der Waals surface area contributed by atoms with Crippen LogP contribution >= 0.6 is 0 Å². The van der Waals surface area contributed by atoms with Crippen molar-refractivity contribution >= 4 is 5.97 Å². The Bertz CT molecular complexity index is 105. The Morgan fingerprint density at radius 1 is 1.75 bits per heavy atom. The van der Waals surface area contributed by atoms with Crippen LogP contribution in [-0.4, -0.2) is 11.1 Å². The Morgan fingerprint density at radius 3 is 2.38 bits per heavy atom. The van der Waals surface area contributed by atoms with E-state index in [-0.39, 0.29) is 5.57 Å². The Balaban J connectivity index is 3.49. The first-order chi connectivity index (χ1) is 3.68. The molecule has 8 heavy (non-hydrogen) atoms. The Hall–Kier alpha value is -0.790. The predicted octanol–water partition coefficient (Wildman–Crippen LogP) is 1.23. The van der Waals surface area contributed by atoms with Gasteiger partial charge < -0.3 is 5.11 Å². The van der Waals surface area contributed by atoms with Gasteiger partial charge in [-0.2, -0.15) is 0 Å². The summed E-state index contributed by atoms with van der Waals surface area (Å²) >= 11 is 0. The van der Waals surface area contributed by atoms with Gasteiger partial charge in [0.05, 0.1) is 0 Å². The average molecular weight is 113 g/mol. The summed E-state index contributed by atoms with van der Waals surface area (Å²) in [5.74, 6) is -0.994. The van der Waals surface area contributed by atoms with Gasteiger partial charge >= 0.3 is 5.97 Å². The van der Waals surface area contributed by atoms with E-state index in [0.717, 1.165) is 6.42 Å².